The molecule has 4 nitrogen and oxygen atoms in total. The molecule has 0 bridgehead atoms. The van der Waals surface area contributed by atoms with Crippen LogP contribution in [0.3, 0.4) is 0 Å². The van der Waals surface area contributed by atoms with Crippen LogP contribution in [-0.2, 0) is 19.9 Å². The molecule has 2 heterocycles. The highest BCUT2D eigenvalue weighted by Gasteiger charge is 2.22. The van der Waals surface area contributed by atoms with E-state index in [2.05, 4.69) is 11.1 Å². The van der Waals surface area contributed by atoms with Crippen LogP contribution in [0.1, 0.15) is 16.9 Å². The van der Waals surface area contributed by atoms with E-state index in [1.807, 2.05) is 0 Å². The maximum Gasteiger partial charge on any atom is 0.262 e. The average Bonchev–Trinajstić information content (AvgIpc) is 2.91. The second kappa shape index (κ2) is 4.41. The molecule has 0 N–H and O–H groups in total. The van der Waals surface area contributed by atoms with E-state index < -0.39 is 0 Å². The molecule has 0 radical (unpaired) electrons. The Morgan fingerprint density at radius 2 is 2.39 bits per heavy atom. The van der Waals surface area contributed by atoms with E-state index in [0.29, 0.717) is 10.9 Å². The van der Waals surface area contributed by atoms with Gasteiger partial charge >= 0.3 is 0 Å². The van der Waals surface area contributed by atoms with Gasteiger partial charge in [-0.3, -0.25) is 9.36 Å². The maximum absolute atomic E-state index is 12.4. The van der Waals surface area contributed by atoms with E-state index in [1.54, 1.807) is 23.0 Å². The molecule has 1 aliphatic rings. The summed E-state index contributed by atoms with van der Waals surface area (Å²) >= 11 is 2.95. The smallest absolute Gasteiger partial charge is 0.262 e. The van der Waals surface area contributed by atoms with E-state index in [0.717, 1.165) is 29.5 Å². The standard InChI is InChI=1S/C12H11N3OS2/c1-15-11(16)9-7-3-2-4-8(7)18-10(9)14-12(15)17-6-5-13/h2-4,6H2,1H3. The molecular weight excluding hydrogens is 266 g/mol. The maximum atomic E-state index is 12.4. The molecule has 3 rings (SSSR count). The summed E-state index contributed by atoms with van der Waals surface area (Å²) in [6, 6.07) is 2.06. The Balaban J connectivity index is 2.24. The first-order valence-corrected chi connectivity index (χ1v) is 7.53. The van der Waals surface area contributed by atoms with Gasteiger partial charge in [0, 0.05) is 11.9 Å². The topological polar surface area (TPSA) is 58.7 Å². The van der Waals surface area contributed by atoms with Crippen molar-refractivity contribution in [1.82, 2.24) is 9.55 Å². The molecule has 0 aliphatic heterocycles. The van der Waals surface area contributed by atoms with Crippen molar-refractivity contribution in [2.75, 3.05) is 5.75 Å². The summed E-state index contributed by atoms with van der Waals surface area (Å²) in [7, 11) is 1.73. The number of hydrogen-bond acceptors (Lipinski definition) is 5. The number of fused-ring (bicyclic) bond motifs is 3. The van der Waals surface area contributed by atoms with Crippen LogP contribution in [0.25, 0.3) is 10.2 Å². The molecule has 0 spiro atoms. The Bertz CT molecular complexity index is 723. The summed E-state index contributed by atoms with van der Waals surface area (Å²) in [5.41, 5.74) is 1.24. The van der Waals surface area contributed by atoms with Crippen molar-refractivity contribution in [2.45, 2.75) is 24.4 Å². The van der Waals surface area contributed by atoms with Crippen LogP contribution >= 0.6 is 23.1 Å². The van der Waals surface area contributed by atoms with Crippen LogP contribution in [0.15, 0.2) is 9.95 Å². The number of nitrogens with zero attached hydrogens (tertiary/aromatic N) is 3. The van der Waals surface area contributed by atoms with Gasteiger partial charge in [-0.05, 0) is 24.8 Å². The molecule has 2 aromatic heterocycles. The van der Waals surface area contributed by atoms with Gasteiger partial charge in [-0.25, -0.2) is 4.98 Å². The van der Waals surface area contributed by atoms with Gasteiger partial charge in [-0.1, -0.05) is 11.8 Å². The molecule has 0 unspecified atom stereocenters. The van der Waals surface area contributed by atoms with Gasteiger partial charge in [0.15, 0.2) is 5.16 Å². The van der Waals surface area contributed by atoms with Gasteiger partial charge < -0.3 is 0 Å². The third-order valence-electron chi connectivity index (χ3n) is 3.17. The van der Waals surface area contributed by atoms with Gasteiger partial charge in [-0.15, -0.1) is 11.3 Å². The molecule has 0 saturated heterocycles. The van der Waals surface area contributed by atoms with Crippen LogP contribution in [0.2, 0.25) is 0 Å². The molecule has 0 aromatic carbocycles. The molecule has 18 heavy (non-hydrogen) atoms. The second-order valence-corrected chi connectivity index (χ2v) is 6.27. The Morgan fingerprint density at radius 1 is 1.56 bits per heavy atom. The summed E-state index contributed by atoms with van der Waals surface area (Å²) in [6.45, 7) is 0. The van der Waals surface area contributed by atoms with Crippen molar-refractivity contribution in [1.29, 1.82) is 5.26 Å². The third kappa shape index (κ3) is 1.66. The molecule has 0 atom stereocenters. The number of thioether (sulfide) groups is 1. The fourth-order valence-electron chi connectivity index (χ4n) is 2.33. The highest BCUT2D eigenvalue weighted by Crippen LogP contribution is 2.35. The Labute approximate surface area is 112 Å². The van der Waals surface area contributed by atoms with Crippen molar-refractivity contribution in [2.24, 2.45) is 7.05 Å². The minimum atomic E-state index is 0.0276. The lowest BCUT2D eigenvalue weighted by Gasteiger charge is -2.05. The van der Waals surface area contributed by atoms with E-state index in [-0.39, 0.29) is 5.56 Å². The zero-order valence-corrected chi connectivity index (χ0v) is 11.5. The summed E-state index contributed by atoms with van der Waals surface area (Å²) < 4.78 is 1.57. The molecule has 0 saturated carbocycles. The second-order valence-electron chi connectivity index (χ2n) is 4.24. The van der Waals surface area contributed by atoms with Gasteiger partial charge in [0.2, 0.25) is 0 Å². The van der Waals surface area contributed by atoms with Crippen molar-refractivity contribution >= 4 is 33.3 Å². The largest absolute Gasteiger partial charge is 0.290 e. The number of rotatable bonds is 2. The van der Waals surface area contributed by atoms with Crippen molar-refractivity contribution < 1.29 is 0 Å². The van der Waals surface area contributed by atoms with Crippen LogP contribution in [0, 0.1) is 11.3 Å². The van der Waals surface area contributed by atoms with Crippen LogP contribution in [0.5, 0.6) is 0 Å². The summed E-state index contributed by atoms with van der Waals surface area (Å²) in [4.78, 5) is 19.0. The minimum Gasteiger partial charge on any atom is -0.290 e. The monoisotopic (exact) mass is 277 g/mol. The van der Waals surface area contributed by atoms with Crippen LogP contribution in [-0.4, -0.2) is 15.3 Å². The SMILES string of the molecule is Cn1c(SCC#N)nc2sc3c(c2c1=O)CCC3. The zero-order chi connectivity index (χ0) is 12.7. The van der Waals surface area contributed by atoms with Crippen LogP contribution < -0.4 is 5.56 Å². The number of thiophene rings is 1. The molecule has 1 aliphatic carbocycles. The van der Waals surface area contributed by atoms with Crippen molar-refractivity contribution in [3.05, 3.63) is 20.8 Å². The first kappa shape index (κ1) is 11.8. The first-order chi connectivity index (χ1) is 8.72. The number of hydrogen-bond donors (Lipinski definition) is 0. The summed E-state index contributed by atoms with van der Waals surface area (Å²) in [5.74, 6) is 0.316. The number of aromatic nitrogens is 2. The normalized spacial score (nSPS) is 13.8. The highest BCUT2D eigenvalue weighted by atomic mass is 32.2. The van der Waals surface area contributed by atoms with E-state index >= 15 is 0 Å². The van der Waals surface area contributed by atoms with E-state index in [9.17, 15) is 4.79 Å². The molecule has 0 amide bonds. The molecule has 6 heteroatoms. The lowest BCUT2D eigenvalue weighted by Crippen LogP contribution is -2.20. The molecule has 0 fully saturated rings. The lowest BCUT2D eigenvalue weighted by atomic mass is 10.2. The fraction of sp³-hybridized carbons (Fsp3) is 0.417. The van der Waals surface area contributed by atoms with Gasteiger partial charge in [0.25, 0.3) is 5.56 Å². The van der Waals surface area contributed by atoms with E-state index in [4.69, 9.17) is 5.26 Å². The lowest BCUT2D eigenvalue weighted by molar-refractivity contribution is 0.727. The van der Waals surface area contributed by atoms with Crippen molar-refractivity contribution in [3.63, 3.8) is 0 Å². The Morgan fingerprint density at radius 3 is 3.17 bits per heavy atom. The third-order valence-corrected chi connectivity index (χ3v) is 5.25. The van der Waals surface area contributed by atoms with Crippen LogP contribution in [0.4, 0.5) is 0 Å². The molecule has 2 aromatic rings. The predicted octanol–water partition coefficient (Wildman–Crippen LogP) is 2.10. The van der Waals surface area contributed by atoms with Gasteiger partial charge in [-0.2, -0.15) is 5.26 Å². The summed E-state index contributed by atoms with van der Waals surface area (Å²) in [6.07, 6.45) is 3.21. The minimum absolute atomic E-state index is 0.0276. The predicted molar refractivity (Wildman–Crippen MR) is 73.2 cm³/mol. The summed E-state index contributed by atoms with van der Waals surface area (Å²) in [5, 5.41) is 10.0. The van der Waals surface area contributed by atoms with E-state index in [1.165, 1.54) is 22.2 Å². The fourth-order valence-corrected chi connectivity index (χ4v) is 4.27. The quantitative estimate of drug-likeness (QED) is 0.623. The number of aryl methyl sites for hydroxylation is 2. The number of nitriles is 1. The zero-order valence-electron chi connectivity index (χ0n) is 9.89. The van der Waals surface area contributed by atoms with Crippen molar-refractivity contribution in [3.8, 4) is 6.07 Å². The highest BCUT2D eigenvalue weighted by molar-refractivity contribution is 7.99. The molecule has 92 valence electrons. The van der Waals surface area contributed by atoms with Gasteiger partial charge in [0.05, 0.1) is 17.2 Å². The Hall–Kier alpha value is -1.32. The average molecular weight is 277 g/mol. The molecular formula is C12H11N3OS2. The Kier molecular flexibility index (Phi) is 2.88. The van der Waals surface area contributed by atoms with Gasteiger partial charge in [0.1, 0.15) is 4.83 Å². The first-order valence-electron chi connectivity index (χ1n) is 5.73.